The Balaban J connectivity index is 2.97. The van der Waals surface area contributed by atoms with Crippen LogP contribution in [0, 0.1) is 0 Å². The summed E-state index contributed by atoms with van der Waals surface area (Å²) in [5.41, 5.74) is 0.365. The molecule has 0 saturated heterocycles. The summed E-state index contributed by atoms with van der Waals surface area (Å²) < 4.78 is 0. The van der Waals surface area contributed by atoms with E-state index in [9.17, 15) is 4.79 Å². The molecule has 1 aromatic heterocycles. The molecule has 12 heavy (non-hydrogen) atoms. The first-order valence-electron chi connectivity index (χ1n) is 3.06. The number of amides is 1. The van der Waals surface area contributed by atoms with E-state index in [1.54, 1.807) is 0 Å². The van der Waals surface area contributed by atoms with Gasteiger partial charge in [-0.1, -0.05) is 23.2 Å². The van der Waals surface area contributed by atoms with Crippen molar-refractivity contribution in [3.05, 3.63) is 16.4 Å². The molecule has 0 aliphatic rings. The molecular weight excluding hydrogens is 201 g/mol. The normalized spacial score (nSPS) is 9.58. The molecule has 1 N–H and O–H groups in total. The molecule has 0 aliphatic heterocycles. The Hall–Kier alpha value is -0.870. The maximum atomic E-state index is 10.6. The first-order chi connectivity index (χ1) is 5.59. The highest BCUT2D eigenvalue weighted by molar-refractivity contribution is 6.33. The summed E-state index contributed by atoms with van der Waals surface area (Å²) in [7, 11) is 0. The van der Waals surface area contributed by atoms with Gasteiger partial charge in [0, 0.05) is 13.0 Å². The minimum atomic E-state index is -0.235. The van der Waals surface area contributed by atoms with Crippen LogP contribution in [0.2, 0.25) is 10.3 Å². The van der Waals surface area contributed by atoms with Crippen molar-refractivity contribution in [3.8, 4) is 0 Å². The Labute approximate surface area is 78.9 Å². The SMILES string of the molecule is CC(=O)Nc1cc(Cl)nnc1Cl. The first-order valence-corrected chi connectivity index (χ1v) is 3.81. The average Bonchev–Trinajstić information content (AvgIpc) is 1.96. The maximum Gasteiger partial charge on any atom is 0.221 e. The molecule has 0 bridgehead atoms. The second-order valence-corrected chi connectivity index (χ2v) is 2.80. The number of hydrogen-bond acceptors (Lipinski definition) is 3. The Bertz CT molecular complexity index is 316. The van der Waals surface area contributed by atoms with Gasteiger partial charge in [-0.2, -0.15) is 0 Å². The van der Waals surface area contributed by atoms with Gasteiger partial charge in [-0.15, -0.1) is 10.2 Å². The fraction of sp³-hybridized carbons (Fsp3) is 0.167. The molecule has 4 nitrogen and oxygen atoms in total. The molecule has 0 atom stereocenters. The molecular formula is C6H5Cl2N3O. The van der Waals surface area contributed by atoms with Crippen molar-refractivity contribution in [2.24, 2.45) is 0 Å². The lowest BCUT2D eigenvalue weighted by atomic mass is 10.4. The van der Waals surface area contributed by atoms with E-state index in [0.29, 0.717) is 5.69 Å². The lowest BCUT2D eigenvalue weighted by Crippen LogP contribution is -2.07. The highest BCUT2D eigenvalue weighted by Gasteiger charge is 2.04. The van der Waals surface area contributed by atoms with Gasteiger partial charge in [0.25, 0.3) is 0 Å². The summed E-state index contributed by atoms with van der Waals surface area (Å²) >= 11 is 11.1. The number of carbonyl (C=O) groups excluding carboxylic acids is 1. The van der Waals surface area contributed by atoms with E-state index in [4.69, 9.17) is 23.2 Å². The fourth-order valence-corrected chi connectivity index (χ4v) is 0.917. The molecule has 64 valence electrons. The highest BCUT2D eigenvalue weighted by atomic mass is 35.5. The molecule has 0 radical (unpaired) electrons. The van der Waals surface area contributed by atoms with Crippen LogP contribution in [0.1, 0.15) is 6.92 Å². The van der Waals surface area contributed by atoms with E-state index in [2.05, 4.69) is 15.5 Å². The summed E-state index contributed by atoms with van der Waals surface area (Å²) in [6.45, 7) is 1.37. The van der Waals surface area contributed by atoms with Gasteiger partial charge in [-0.25, -0.2) is 0 Å². The predicted octanol–water partition coefficient (Wildman–Crippen LogP) is 1.74. The van der Waals surface area contributed by atoms with Gasteiger partial charge in [0.1, 0.15) is 0 Å². The number of carbonyl (C=O) groups is 1. The van der Waals surface area contributed by atoms with E-state index in [1.165, 1.54) is 13.0 Å². The quantitative estimate of drug-likeness (QED) is 0.761. The van der Waals surface area contributed by atoms with E-state index in [0.717, 1.165) is 0 Å². The minimum Gasteiger partial charge on any atom is -0.324 e. The number of rotatable bonds is 1. The molecule has 1 aromatic rings. The third kappa shape index (κ3) is 2.32. The van der Waals surface area contributed by atoms with Crippen molar-refractivity contribution in [1.82, 2.24) is 10.2 Å². The van der Waals surface area contributed by atoms with Crippen LogP contribution in [0.25, 0.3) is 0 Å². The van der Waals surface area contributed by atoms with Crippen LogP contribution in [0.5, 0.6) is 0 Å². The van der Waals surface area contributed by atoms with Crippen LogP contribution < -0.4 is 5.32 Å². The van der Waals surface area contributed by atoms with E-state index < -0.39 is 0 Å². The largest absolute Gasteiger partial charge is 0.324 e. The molecule has 0 unspecified atom stereocenters. The van der Waals surface area contributed by atoms with E-state index in [-0.39, 0.29) is 16.2 Å². The van der Waals surface area contributed by atoms with Gasteiger partial charge in [-0.05, 0) is 0 Å². The van der Waals surface area contributed by atoms with Gasteiger partial charge in [0.05, 0.1) is 5.69 Å². The van der Waals surface area contributed by atoms with Crippen molar-refractivity contribution < 1.29 is 4.79 Å². The first kappa shape index (κ1) is 9.22. The Morgan fingerprint density at radius 3 is 2.75 bits per heavy atom. The lowest BCUT2D eigenvalue weighted by molar-refractivity contribution is -0.114. The molecule has 1 amide bonds. The molecule has 0 saturated carbocycles. The smallest absolute Gasteiger partial charge is 0.221 e. The monoisotopic (exact) mass is 205 g/mol. The van der Waals surface area contributed by atoms with Crippen molar-refractivity contribution in [3.63, 3.8) is 0 Å². The zero-order valence-electron chi connectivity index (χ0n) is 6.14. The van der Waals surface area contributed by atoms with Crippen LogP contribution in [-0.2, 0) is 4.79 Å². The van der Waals surface area contributed by atoms with Crippen LogP contribution in [0.15, 0.2) is 6.07 Å². The number of aromatic nitrogens is 2. The topological polar surface area (TPSA) is 54.9 Å². The molecule has 1 heterocycles. The summed E-state index contributed by atoms with van der Waals surface area (Å²) in [6, 6.07) is 1.43. The zero-order chi connectivity index (χ0) is 9.14. The van der Waals surface area contributed by atoms with Crippen LogP contribution in [0.4, 0.5) is 5.69 Å². The highest BCUT2D eigenvalue weighted by Crippen LogP contribution is 2.20. The second-order valence-electron chi connectivity index (χ2n) is 2.05. The number of hydrogen-bond donors (Lipinski definition) is 1. The van der Waals surface area contributed by atoms with Gasteiger partial charge in [-0.3, -0.25) is 4.79 Å². The molecule has 1 rings (SSSR count). The molecule has 0 aromatic carbocycles. The summed E-state index contributed by atoms with van der Waals surface area (Å²) in [5, 5.41) is 9.74. The maximum absolute atomic E-state index is 10.6. The van der Waals surface area contributed by atoms with Gasteiger partial charge in [0.2, 0.25) is 5.91 Å². The molecule has 0 aliphatic carbocycles. The van der Waals surface area contributed by atoms with Crippen molar-refractivity contribution in [2.45, 2.75) is 6.92 Å². The van der Waals surface area contributed by atoms with Crippen LogP contribution >= 0.6 is 23.2 Å². The van der Waals surface area contributed by atoms with Crippen LogP contribution in [-0.4, -0.2) is 16.1 Å². The third-order valence-corrected chi connectivity index (χ3v) is 1.49. The Morgan fingerprint density at radius 1 is 1.50 bits per heavy atom. The van der Waals surface area contributed by atoms with Crippen molar-refractivity contribution >= 4 is 34.8 Å². The van der Waals surface area contributed by atoms with Crippen LogP contribution in [0.3, 0.4) is 0 Å². The van der Waals surface area contributed by atoms with E-state index in [1.807, 2.05) is 0 Å². The molecule has 6 heteroatoms. The summed E-state index contributed by atoms with van der Waals surface area (Å²) in [5.74, 6) is -0.235. The minimum absolute atomic E-state index is 0.120. The molecule has 0 spiro atoms. The predicted molar refractivity (Wildman–Crippen MR) is 46.4 cm³/mol. The second kappa shape index (κ2) is 3.69. The van der Waals surface area contributed by atoms with Crippen molar-refractivity contribution in [1.29, 1.82) is 0 Å². The van der Waals surface area contributed by atoms with Gasteiger partial charge < -0.3 is 5.32 Å². The standard InChI is InChI=1S/C6H5Cl2N3O/c1-3(12)9-4-2-5(7)10-11-6(4)8/h2H,1H3,(H,9,10,12). The van der Waals surface area contributed by atoms with Gasteiger partial charge >= 0.3 is 0 Å². The average molecular weight is 206 g/mol. The third-order valence-electron chi connectivity index (χ3n) is 1.03. The molecule has 0 fully saturated rings. The van der Waals surface area contributed by atoms with Gasteiger partial charge in [0.15, 0.2) is 10.3 Å². The number of halogens is 2. The lowest BCUT2D eigenvalue weighted by Gasteiger charge is -2.01. The number of nitrogens with zero attached hydrogens (tertiary/aromatic N) is 2. The Kier molecular flexibility index (Phi) is 2.83. The summed E-state index contributed by atoms with van der Waals surface area (Å²) in [6.07, 6.45) is 0. The Morgan fingerprint density at radius 2 is 2.17 bits per heavy atom. The number of anilines is 1. The number of nitrogens with one attached hydrogen (secondary N) is 1. The summed E-state index contributed by atoms with van der Waals surface area (Å²) in [4.78, 5) is 10.6. The van der Waals surface area contributed by atoms with Crippen molar-refractivity contribution in [2.75, 3.05) is 5.32 Å². The zero-order valence-corrected chi connectivity index (χ0v) is 7.65. The van der Waals surface area contributed by atoms with E-state index >= 15 is 0 Å². The fourth-order valence-electron chi connectivity index (χ4n) is 0.630.